The first kappa shape index (κ1) is 19.6. The van der Waals surface area contributed by atoms with Gasteiger partial charge >= 0.3 is 6.18 Å². The minimum atomic E-state index is -4.32. The van der Waals surface area contributed by atoms with Gasteiger partial charge in [-0.3, -0.25) is 0 Å². The van der Waals surface area contributed by atoms with E-state index in [-0.39, 0.29) is 42.4 Å². The largest absolute Gasteiger partial charge is 0.390 e. The number of nitrogens with zero attached hydrogens (tertiary/aromatic N) is 5. The van der Waals surface area contributed by atoms with Crippen LogP contribution in [-0.4, -0.2) is 50.2 Å². The van der Waals surface area contributed by atoms with Gasteiger partial charge in [-0.2, -0.15) is 23.1 Å². The smallest absolute Gasteiger partial charge is 0.350 e. The summed E-state index contributed by atoms with van der Waals surface area (Å²) in [6.07, 6.45) is -4.43. The third-order valence-electron chi connectivity index (χ3n) is 4.04. The van der Waals surface area contributed by atoms with E-state index in [0.29, 0.717) is 0 Å². The second-order valence-electron chi connectivity index (χ2n) is 7.75. The van der Waals surface area contributed by atoms with Gasteiger partial charge in [0.05, 0.1) is 19.3 Å². The maximum Gasteiger partial charge on any atom is 0.390 e. The standard InChI is InChI=1S/C16H21F5N6/c1-14(2,3)25-13-23-11(26-6-4-15(17,18)8-26)10-12(24-13)27(9-22-10)7-5-16(19,20)21/h9H,4-8H2,1-3H3,(H,23,24,25). The third kappa shape index (κ3) is 4.75. The Morgan fingerprint density at radius 2 is 1.89 bits per heavy atom. The molecule has 0 aromatic carbocycles. The van der Waals surface area contributed by atoms with Crippen LogP contribution in [0.1, 0.15) is 33.6 Å². The lowest BCUT2D eigenvalue weighted by atomic mass is 10.1. The summed E-state index contributed by atoms with van der Waals surface area (Å²) in [5, 5.41) is 3.05. The fraction of sp³-hybridized carbons (Fsp3) is 0.688. The second kappa shape index (κ2) is 6.45. The van der Waals surface area contributed by atoms with E-state index in [2.05, 4.69) is 20.3 Å². The average molecular weight is 392 g/mol. The van der Waals surface area contributed by atoms with Gasteiger partial charge in [-0.25, -0.2) is 13.8 Å². The van der Waals surface area contributed by atoms with Crippen molar-refractivity contribution in [1.29, 1.82) is 0 Å². The highest BCUT2D eigenvalue weighted by Crippen LogP contribution is 2.34. The minimum absolute atomic E-state index is 0.0868. The van der Waals surface area contributed by atoms with Gasteiger partial charge < -0.3 is 14.8 Å². The molecular formula is C16H21F5N6. The number of fused-ring (bicyclic) bond motifs is 1. The van der Waals surface area contributed by atoms with Crippen LogP contribution in [0.4, 0.5) is 33.7 Å². The molecule has 0 amide bonds. The van der Waals surface area contributed by atoms with Gasteiger partial charge in [-0.05, 0) is 20.8 Å². The number of nitrogens with one attached hydrogen (secondary N) is 1. The predicted molar refractivity (Wildman–Crippen MR) is 91.1 cm³/mol. The summed E-state index contributed by atoms with van der Waals surface area (Å²) in [7, 11) is 0. The van der Waals surface area contributed by atoms with Gasteiger partial charge in [0, 0.05) is 25.0 Å². The number of halogens is 5. The van der Waals surface area contributed by atoms with Crippen molar-refractivity contribution in [2.24, 2.45) is 0 Å². The monoisotopic (exact) mass is 392 g/mol. The number of rotatable bonds is 4. The summed E-state index contributed by atoms with van der Waals surface area (Å²) in [6, 6.07) is 0. The third-order valence-corrected chi connectivity index (χ3v) is 4.04. The van der Waals surface area contributed by atoms with Gasteiger partial charge in [0.2, 0.25) is 5.95 Å². The first-order valence-corrected chi connectivity index (χ1v) is 8.54. The molecule has 0 aliphatic carbocycles. The first-order valence-electron chi connectivity index (χ1n) is 8.54. The first-order chi connectivity index (χ1) is 12.3. The molecule has 1 aliphatic heterocycles. The van der Waals surface area contributed by atoms with E-state index < -0.39 is 30.6 Å². The van der Waals surface area contributed by atoms with Crippen LogP contribution in [0.25, 0.3) is 11.2 Å². The molecule has 1 saturated heterocycles. The van der Waals surface area contributed by atoms with Gasteiger partial charge in [-0.1, -0.05) is 0 Å². The number of imidazole rings is 1. The van der Waals surface area contributed by atoms with Crippen LogP contribution in [-0.2, 0) is 6.54 Å². The number of aromatic nitrogens is 4. The summed E-state index contributed by atoms with van der Waals surface area (Å²) in [4.78, 5) is 14.1. The fourth-order valence-corrected chi connectivity index (χ4v) is 2.87. The van der Waals surface area contributed by atoms with Crippen LogP contribution in [0.5, 0.6) is 0 Å². The molecule has 6 nitrogen and oxygen atoms in total. The average Bonchev–Trinajstić information content (AvgIpc) is 3.05. The molecule has 1 N–H and O–H groups in total. The molecule has 1 aliphatic rings. The van der Waals surface area contributed by atoms with Crippen LogP contribution >= 0.6 is 0 Å². The molecule has 2 aromatic rings. The van der Waals surface area contributed by atoms with Crippen LogP contribution in [0.15, 0.2) is 6.33 Å². The molecule has 150 valence electrons. The topological polar surface area (TPSA) is 58.9 Å². The highest BCUT2D eigenvalue weighted by Gasteiger charge is 2.40. The number of hydrogen-bond donors (Lipinski definition) is 1. The Kier molecular flexibility index (Phi) is 4.67. The highest BCUT2D eigenvalue weighted by molar-refractivity contribution is 5.85. The lowest BCUT2D eigenvalue weighted by Gasteiger charge is -2.23. The molecule has 3 heterocycles. The summed E-state index contributed by atoms with van der Waals surface area (Å²) < 4.78 is 66.4. The fourth-order valence-electron chi connectivity index (χ4n) is 2.87. The molecule has 27 heavy (non-hydrogen) atoms. The molecule has 0 saturated carbocycles. The summed E-state index contributed by atoms with van der Waals surface area (Å²) in [5.74, 6) is -2.48. The van der Waals surface area contributed by atoms with Crippen LogP contribution < -0.4 is 10.2 Å². The number of hydrogen-bond acceptors (Lipinski definition) is 5. The van der Waals surface area contributed by atoms with Crippen molar-refractivity contribution in [1.82, 2.24) is 19.5 Å². The van der Waals surface area contributed by atoms with Crippen molar-refractivity contribution in [2.45, 2.75) is 57.8 Å². The van der Waals surface area contributed by atoms with E-state index in [1.165, 1.54) is 15.8 Å². The lowest BCUT2D eigenvalue weighted by molar-refractivity contribution is -0.136. The highest BCUT2D eigenvalue weighted by atomic mass is 19.4. The Morgan fingerprint density at radius 3 is 2.44 bits per heavy atom. The second-order valence-corrected chi connectivity index (χ2v) is 7.75. The molecule has 3 rings (SSSR count). The zero-order valence-electron chi connectivity index (χ0n) is 15.2. The zero-order chi connectivity index (χ0) is 20.0. The van der Waals surface area contributed by atoms with Crippen molar-refractivity contribution in [3.8, 4) is 0 Å². The van der Waals surface area contributed by atoms with Crippen molar-refractivity contribution >= 4 is 22.9 Å². The van der Waals surface area contributed by atoms with Crippen molar-refractivity contribution < 1.29 is 22.0 Å². The molecule has 0 bridgehead atoms. The van der Waals surface area contributed by atoms with Crippen molar-refractivity contribution in [3.63, 3.8) is 0 Å². The molecule has 0 atom stereocenters. The molecule has 0 unspecified atom stereocenters. The number of aryl methyl sites for hydroxylation is 1. The quantitative estimate of drug-likeness (QED) is 0.802. The molecule has 0 radical (unpaired) electrons. The van der Waals surface area contributed by atoms with E-state index in [0.717, 1.165) is 0 Å². The summed E-state index contributed by atoms with van der Waals surface area (Å²) in [6.45, 7) is 4.82. The Bertz CT molecular complexity index is 823. The number of alkyl halides is 5. The summed E-state index contributed by atoms with van der Waals surface area (Å²) >= 11 is 0. The van der Waals surface area contributed by atoms with Gasteiger partial charge in [0.15, 0.2) is 17.0 Å². The van der Waals surface area contributed by atoms with Crippen LogP contribution in [0, 0.1) is 0 Å². The van der Waals surface area contributed by atoms with Gasteiger partial charge in [0.1, 0.15) is 0 Å². The Hall–Kier alpha value is -2.20. The van der Waals surface area contributed by atoms with E-state index in [4.69, 9.17) is 0 Å². The molecular weight excluding hydrogens is 371 g/mol. The Morgan fingerprint density at radius 1 is 1.19 bits per heavy atom. The van der Waals surface area contributed by atoms with Crippen molar-refractivity contribution in [2.75, 3.05) is 23.3 Å². The minimum Gasteiger partial charge on any atom is -0.350 e. The van der Waals surface area contributed by atoms with Gasteiger partial charge in [0.25, 0.3) is 5.92 Å². The van der Waals surface area contributed by atoms with Gasteiger partial charge in [-0.15, -0.1) is 0 Å². The Labute approximate surface area is 152 Å². The van der Waals surface area contributed by atoms with E-state index in [1.807, 2.05) is 20.8 Å². The normalized spacial score (nSPS) is 17.7. The van der Waals surface area contributed by atoms with E-state index in [1.54, 1.807) is 0 Å². The SMILES string of the molecule is CC(C)(C)Nc1nc(N2CCC(F)(F)C2)c2ncn(CCC(F)(F)F)c2n1. The van der Waals surface area contributed by atoms with Crippen LogP contribution in [0.2, 0.25) is 0 Å². The summed E-state index contributed by atoms with van der Waals surface area (Å²) in [5.41, 5.74) is -0.0166. The predicted octanol–water partition coefficient (Wildman–Crippen LogP) is 3.83. The lowest BCUT2D eigenvalue weighted by Crippen LogP contribution is -2.29. The van der Waals surface area contributed by atoms with E-state index in [9.17, 15) is 22.0 Å². The number of anilines is 2. The maximum atomic E-state index is 13.7. The van der Waals surface area contributed by atoms with Crippen molar-refractivity contribution in [3.05, 3.63) is 6.33 Å². The Balaban J connectivity index is 2.03. The molecule has 0 spiro atoms. The van der Waals surface area contributed by atoms with Crippen LogP contribution in [0.3, 0.4) is 0 Å². The molecule has 1 fully saturated rings. The maximum absolute atomic E-state index is 13.7. The zero-order valence-corrected chi connectivity index (χ0v) is 15.2. The molecule has 11 heteroatoms. The van der Waals surface area contributed by atoms with E-state index >= 15 is 0 Å². The molecule has 2 aromatic heterocycles.